The van der Waals surface area contributed by atoms with E-state index < -0.39 is 0 Å². The van der Waals surface area contributed by atoms with E-state index >= 15 is 0 Å². The van der Waals surface area contributed by atoms with Gasteiger partial charge < -0.3 is 0 Å². The van der Waals surface area contributed by atoms with E-state index in [4.69, 9.17) is 0 Å². The van der Waals surface area contributed by atoms with Crippen molar-refractivity contribution < 1.29 is 4.57 Å². The number of hydrogen-bond acceptors (Lipinski definition) is 0. The van der Waals surface area contributed by atoms with Crippen molar-refractivity contribution >= 4 is 11.0 Å². The highest BCUT2D eigenvalue weighted by Crippen LogP contribution is 2.26. The number of aromatic nitrogens is 2. The summed E-state index contributed by atoms with van der Waals surface area (Å²) in [5.74, 6) is 1.67. The van der Waals surface area contributed by atoms with Gasteiger partial charge >= 0.3 is 0 Å². The SMILES string of the molecule is CC(C)c1n(-c2ccccc2)c2ccccc2[n+]1-c1ccccc1. The molecule has 0 saturated carbocycles. The quantitative estimate of drug-likeness (QED) is 0.469. The zero-order chi connectivity index (χ0) is 16.5. The van der Waals surface area contributed by atoms with Crippen LogP contribution in [0.15, 0.2) is 84.9 Å². The van der Waals surface area contributed by atoms with Crippen LogP contribution >= 0.6 is 0 Å². The van der Waals surface area contributed by atoms with Crippen LogP contribution in [0.5, 0.6) is 0 Å². The number of para-hydroxylation sites is 4. The molecule has 0 aliphatic heterocycles. The Balaban J connectivity index is 2.15. The van der Waals surface area contributed by atoms with Crippen LogP contribution in [0, 0.1) is 0 Å². The molecule has 0 N–H and O–H groups in total. The van der Waals surface area contributed by atoms with E-state index in [-0.39, 0.29) is 0 Å². The van der Waals surface area contributed by atoms with Crippen LogP contribution in [0.2, 0.25) is 0 Å². The molecule has 0 fully saturated rings. The van der Waals surface area contributed by atoms with Gasteiger partial charge in [-0.15, -0.1) is 0 Å². The standard InChI is InChI=1S/C22H21N2/c1-17(2)22-23(18-11-5-3-6-12-18)20-15-9-10-16-21(20)24(22)19-13-7-4-8-14-19/h3-17H,1-2H3/q+1. The molecule has 1 heterocycles. The van der Waals surface area contributed by atoms with E-state index in [0.29, 0.717) is 5.92 Å². The third-order valence-electron chi connectivity index (χ3n) is 4.37. The second kappa shape index (κ2) is 5.97. The lowest BCUT2D eigenvalue weighted by Crippen LogP contribution is -2.36. The maximum atomic E-state index is 2.38. The fourth-order valence-electron chi connectivity index (χ4n) is 3.40. The summed E-state index contributed by atoms with van der Waals surface area (Å²) in [5, 5.41) is 0. The van der Waals surface area contributed by atoms with Crippen molar-refractivity contribution in [3.05, 3.63) is 90.8 Å². The number of hydrogen-bond donors (Lipinski definition) is 0. The number of fused-ring (bicyclic) bond motifs is 1. The molecule has 0 aliphatic carbocycles. The first-order valence-corrected chi connectivity index (χ1v) is 8.43. The van der Waals surface area contributed by atoms with Gasteiger partial charge in [0, 0.05) is 0 Å². The van der Waals surface area contributed by atoms with Crippen molar-refractivity contribution in [2.24, 2.45) is 0 Å². The summed E-state index contributed by atoms with van der Waals surface area (Å²) >= 11 is 0. The Morgan fingerprint density at radius 1 is 0.708 bits per heavy atom. The number of imidazole rings is 1. The Hall–Kier alpha value is -2.87. The summed E-state index contributed by atoms with van der Waals surface area (Å²) in [7, 11) is 0. The monoisotopic (exact) mass is 313 g/mol. The average Bonchev–Trinajstić information content (AvgIpc) is 2.98. The zero-order valence-corrected chi connectivity index (χ0v) is 14.1. The molecule has 3 aromatic carbocycles. The molecule has 4 aromatic rings. The Morgan fingerprint density at radius 3 is 1.96 bits per heavy atom. The summed E-state index contributed by atoms with van der Waals surface area (Å²) in [5.41, 5.74) is 4.87. The third kappa shape index (κ3) is 2.31. The van der Waals surface area contributed by atoms with Crippen LogP contribution < -0.4 is 4.57 Å². The molecular weight excluding hydrogens is 292 g/mol. The van der Waals surface area contributed by atoms with Gasteiger partial charge in [0.25, 0.3) is 5.82 Å². The fraction of sp³-hybridized carbons (Fsp3) is 0.136. The Bertz CT molecular complexity index is 890. The van der Waals surface area contributed by atoms with E-state index in [1.807, 2.05) is 0 Å². The zero-order valence-electron chi connectivity index (χ0n) is 14.1. The van der Waals surface area contributed by atoms with Gasteiger partial charge in [0.15, 0.2) is 11.0 Å². The molecular formula is C22H21N2+. The Morgan fingerprint density at radius 2 is 1.29 bits per heavy atom. The van der Waals surface area contributed by atoms with Crippen LogP contribution in [-0.2, 0) is 0 Å². The lowest BCUT2D eigenvalue weighted by molar-refractivity contribution is -0.578. The summed E-state index contributed by atoms with van der Waals surface area (Å²) in [6.07, 6.45) is 0. The minimum Gasteiger partial charge on any atom is -0.192 e. The molecule has 0 unspecified atom stereocenters. The van der Waals surface area contributed by atoms with Crippen molar-refractivity contribution in [2.45, 2.75) is 19.8 Å². The average molecular weight is 313 g/mol. The van der Waals surface area contributed by atoms with E-state index in [1.54, 1.807) is 0 Å². The first kappa shape index (κ1) is 14.7. The molecule has 0 saturated heterocycles. The maximum Gasteiger partial charge on any atom is 0.270 e. The van der Waals surface area contributed by atoms with Crippen LogP contribution in [0.25, 0.3) is 22.4 Å². The molecule has 0 bridgehead atoms. The summed E-state index contributed by atoms with van der Waals surface area (Å²) in [6, 6.07) is 29.8. The van der Waals surface area contributed by atoms with Gasteiger partial charge in [-0.25, -0.2) is 0 Å². The number of benzene rings is 3. The molecule has 0 spiro atoms. The van der Waals surface area contributed by atoms with E-state index in [0.717, 1.165) is 0 Å². The predicted octanol–water partition coefficient (Wildman–Crippen LogP) is 5.03. The molecule has 4 rings (SSSR count). The summed E-state index contributed by atoms with van der Waals surface area (Å²) in [4.78, 5) is 0. The highest BCUT2D eigenvalue weighted by molar-refractivity contribution is 5.75. The Labute approximate surface area is 142 Å². The molecule has 118 valence electrons. The van der Waals surface area contributed by atoms with Gasteiger partial charge in [-0.2, -0.15) is 9.13 Å². The number of rotatable bonds is 3. The predicted molar refractivity (Wildman–Crippen MR) is 98.9 cm³/mol. The maximum absolute atomic E-state index is 2.38. The van der Waals surface area contributed by atoms with Gasteiger partial charge in [0.05, 0.1) is 5.92 Å². The minimum atomic E-state index is 0.387. The lowest BCUT2D eigenvalue weighted by Gasteiger charge is -2.08. The third-order valence-corrected chi connectivity index (χ3v) is 4.37. The molecule has 0 aliphatic rings. The van der Waals surface area contributed by atoms with Crippen molar-refractivity contribution in [1.82, 2.24) is 4.57 Å². The van der Waals surface area contributed by atoms with Crippen molar-refractivity contribution in [2.75, 3.05) is 0 Å². The minimum absolute atomic E-state index is 0.387. The first-order valence-electron chi connectivity index (χ1n) is 8.43. The molecule has 0 radical (unpaired) electrons. The highest BCUT2D eigenvalue weighted by atomic mass is 15.2. The second-order valence-corrected chi connectivity index (χ2v) is 6.34. The van der Waals surface area contributed by atoms with Gasteiger partial charge in [-0.3, -0.25) is 0 Å². The normalized spacial score (nSPS) is 11.3. The first-order chi connectivity index (χ1) is 11.8. The van der Waals surface area contributed by atoms with Crippen molar-refractivity contribution in [3.63, 3.8) is 0 Å². The molecule has 24 heavy (non-hydrogen) atoms. The second-order valence-electron chi connectivity index (χ2n) is 6.34. The highest BCUT2D eigenvalue weighted by Gasteiger charge is 2.29. The molecule has 0 atom stereocenters. The molecule has 2 heteroatoms. The topological polar surface area (TPSA) is 8.81 Å². The smallest absolute Gasteiger partial charge is 0.192 e. The largest absolute Gasteiger partial charge is 0.270 e. The summed E-state index contributed by atoms with van der Waals surface area (Å²) in [6.45, 7) is 4.51. The van der Waals surface area contributed by atoms with Crippen molar-refractivity contribution in [1.29, 1.82) is 0 Å². The lowest BCUT2D eigenvalue weighted by atomic mass is 10.2. The van der Waals surface area contributed by atoms with Gasteiger partial charge in [-0.1, -0.05) is 62.4 Å². The summed E-state index contributed by atoms with van der Waals surface area (Å²) < 4.78 is 4.76. The number of nitrogens with zero attached hydrogens (tertiary/aromatic N) is 2. The molecule has 0 amide bonds. The Kier molecular flexibility index (Phi) is 3.66. The van der Waals surface area contributed by atoms with Crippen LogP contribution in [0.4, 0.5) is 0 Å². The van der Waals surface area contributed by atoms with E-state index in [9.17, 15) is 0 Å². The van der Waals surface area contributed by atoms with E-state index in [2.05, 4.69) is 108 Å². The van der Waals surface area contributed by atoms with Crippen LogP contribution in [0.1, 0.15) is 25.6 Å². The van der Waals surface area contributed by atoms with Gasteiger partial charge in [0.1, 0.15) is 11.4 Å². The molecule has 2 nitrogen and oxygen atoms in total. The fourth-order valence-corrected chi connectivity index (χ4v) is 3.40. The van der Waals surface area contributed by atoms with Crippen molar-refractivity contribution in [3.8, 4) is 11.4 Å². The van der Waals surface area contributed by atoms with Crippen LogP contribution in [-0.4, -0.2) is 4.57 Å². The van der Waals surface area contributed by atoms with Gasteiger partial charge in [0.2, 0.25) is 0 Å². The van der Waals surface area contributed by atoms with E-state index in [1.165, 1.54) is 28.2 Å². The molecule has 1 aromatic heterocycles. The van der Waals surface area contributed by atoms with Gasteiger partial charge in [-0.05, 0) is 36.4 Å². The van der Waals surface area contributed by atoms with Crippen LogP contribution in [0.3, 0.4) is 0 Å².